The van der Waals surface area contributed by atoms with E-state index in [1.165, 1.54) is 0 Å². The molecule has 0 fully saturated rings. The normalized spacial score (nSPS) is 6.33. The average molecular weight is 172 g/mol. The lowest BCUT2D eigenvalue weighted by Crippen LogP contribution is -2.06. The number of nitrogens with two attached hydrogens (primary N) is 2. The fourth-order valence-electron chi connectivity index (χ4n) is 0. The third-order valence-corrected chi connectivity index (χ3v) is 0.139. The van der Waals surface area contributed by atoms with Gasteiger partial charge in [-0.15, -0.1) is 0 Å². The summed E-state index contributed by atoms with van der Waals surface area (Å²) in [4.78, 5) is 2.76. The molecule has 5 N–H and O–H groups in total. The summed E-state index contributed by atoms with van der Waals surface area (Å²) in [5.74, 6) is 0. The lowest BCUT2D eigenvalue weighted by Gasteiger charge is -1.76. The van der Waals surface area contributed by atoms with Crippen molar-refractivity contribution in [2.45, 2.75) is 0 Å². The average Bonchev–Trinajstić information content (AvgIpc) is 1.65. The highest BCUT2D eigenvalue weighted by Crippen LogP contribution is 1.67. The fourth-order valence-corrected chi connectivity index (χ4v) is 0. The van der Waals surface area contributed by atoms with E-state index >= 15 is 0 Å². The molecule has 0 amide bonds. The van der Waals surface area contributed by atoms with E-state index in [1.807, 2.05) is 0 Å². The van der Waals surface area contributed by atoms with Crippen molar-refractivity contribution in [1.29, 1.82) is 0 Å². The van der Waals surface area contributed by atoms with Crippen LogP contribution in [0.15, 0.2) is 0 Å². The Labute approximate surface area is 61.5 Å². The topological polar surface area (TPSA) is 81.5 Å². The molecule has 0 heterocycles. The number of halogens is 1. The van der Waals surface area contributed by atoms with Gasteiger partial charge >= 0.3 is 5.17 Å². The second-order valence-electron chi connectivity index (χ2n) is 0.734. The van der Waals surface area contributed by atoms with Crippen LogP contribution in [0.5, 0.6) is 0 Å². The van der Waals surface area contributed by atoms with E-state index in [0.29, 0.717) is 0 Å². The van der Waals surface area contributed by atoms with E-state index < -0.39 is 10.3 Å². The maximum Gasteiger partial charge on any atom is 0.300 e. The van der Waals surface area contributed by atoms with Gasteiger partial charge in [-0.05, 0) is 24.4 Å². The van der Waals surface area contributed by atoms with Gasteiger partial charge in [0.2, 0.25) is 0 Å². The van der Waals surface area contributed by atoms with E-state index in [2.05, 4.69) is 40.8 Å². The first-order valence-corrected chi connectivity index (χ1v) is 2.38. The fraction of sp³-hybridized carbons (Fsp3) is 0. The van der Waals surface area contributed by atoms with Gasteiger partial charge in [0.15, 0.2) is 0 Å². The predicted molar refractivity (Wildman–Crippen MR) is 38.4 cm³/mol. The zero-order chi connectivity index (χ0) is 7.86. The highest BCUT2D eigenvalue weighted by molar-refractivity contribution is 7.80. The predicted octanol–water partition coefficient (Wildman–Crippen LogP) is -0.0809. The molecule has 0 saturated heterocycles. The van der Waals surface area contributed by atoms with E-state index in [1.54, 1.807) is 0 Å². The maximum absolute atomic E-state index is 10.3. The number of aliphatic hydroxyl groups is 1. The zero-order valence-electron chi connectivity index (χ0n) is 4.20. The van der Waals surface area contributed by atoms with Gasteiger partial charge in [-0.2, -0.15) is 0 Å². The van der Waals surface area contributed by atoms with Crippen molar-refractivity contribution in [3.8, 4) is 0 Å². The molecule has 0 spiro atoms. The van der Waals surface area contributed by atoms with Crippen LogP contribution in [0.25, 0.3) is 0 Å². The van der Waals surface area contributed by atoms with Crippen LogP contribution in [0.4, 0.5) is 4.53 Å². The van der Waals surface area contributed by atoms with E-state index in [0.717, 1.165) is 0 Å². The van der Waals surface area contributed by atoms with Gasteiger partial charge in [0.1, 0.15) is 0 Å². The molecule has 4 nitrogen and oxygen atoms in total. The molecule has 0 aromatic carbocycles. The standard InChI is InChI=1S/CH2FNOS.CH3NOS/c2-4-1(3)5;2-1(3)4/h(H2,3,5);(H3,2,3,4). The molecular weight excluding hydrogens is 167 g/mol. The van der Waals surface area contributed by atoms with Crippen LogP contribution in [-0.4, -0.2) is 15.5 Å². The van der Waals surface area contributed by atoms with Crippen LogP contribution in [0, 0.1) is 0 Å². The monoisotopic (exact) mass is 172 g/mol. The second-order valence-corrected chi connectivity index (χ2v) is 1.56. The van der Waals surface area contributed by atoms with Crippen molar-refractivity contribution in [2.75, 3.05) is 0 Å². The summed E-state index contributed by atoms with van der Waals surface area (Å²) < 4.78 is 10.3. The van der Waals surface area contributed by atoms with Crippen LogP contribution in [0.1, 0.15) is 0 Å². The minimum atomic E-state index is -0.579. The van der Waals surface area contributed by atoms with Crippen molar-refractivity contribution < 1.29 is 14.6 Å². The van der Waals surface area contributed by atoms with Gasteiger partial charge in [0, 0.05) is 4.53 Å². The van der Waals surface area contributed by atoms with Crippen molar-refractivity contribution in [1.82, 2.24) is 0 Å². The molecule has 0 bridgehead atoms. The smallest absolute Gasteiger partial charge is 0.300 e. The molecule has 0 aromatic rings. The molecule has 0 unspecified atom stereocenters. The Morgan fingerprint density at radius 2 is 1.56 bits per heavy atom. The van der Waals surface area contributed by atoms with Crippen LogP contribution < -0.4 is 11.5 Å². The van der Waals surface area contributed by atoms with Gasteiger partial charge in [0.25, 0.3) is 5.17 Å². The van der Waals surface area contributed by atoms with Gasteiger partial charge in [-0.25, -0.2) is 0 Å². The largest absolute Gasteiger partial charge is 0.487 e. The number of aliphatic hydroxyl groups excluding tert-OH is 1. The van der Waals surface area contributed by atoms with Crippen molar-refractivity contribution in [2.24, 2.45) is 11.5 Å². The molecule has 9 heavy (non-hydrogen) atoms. The molecule has 0 atom stereocenters. The Hall–Kier alpha value is -0.690. The van der Waals surface area contributed by atoms with E-state index in [-0.39, 0.29) is 0 Å². The number of hydrogen-bond donors (Lipinski definition) is 3. The Balaban J connectivity index is 0. The quantitative estimate of drug-likeness (QED) is 0.443. The first-order chi connectivity index (χ1) is 4.00. The summed E-state index contributed by atoms with van der Waals surface area (Å²) in [6, 6.07) is 0. The summed E-state index contributed by atoms with van der Waals surface area (Å²) in [7, 11) is 0. The Morgan fingerprint density at radius 1 is 1.44 bits per heavy atom. The van der Waals surface area contributed by atoms with Crippen LogP contribution in [0.3, 0.4) is 0 Å². The number of rotatable bonds is 0. The third kappa shape index (κ3) is 120. The molecule has 0 radical (unpaired) electrons. The van der Waals surface area contributed by atoms with Gasteiger partial charge in [-0.1, -0.05) is 0 Å². The second kappa shape index (κ2) is 7.31. The third-order valence-electron chi connectivity index (χ3n) is 0.0760. The summed E-state index contributed by atoms with van der Waals surface area (Å²) in [5.41, 5.74) is 8.82. The first kappa shape index (κ1) is 11.2. The number of thiocarbonyl (C=S) groups is 2. The minimum absolute atomic E-state index is 0.500. The van der Waals surface area contributed by atoms with Gasteiger partial charge in [-0.3, -0.25) is 4.94 Å². The molecule has 0 aliphatic carbocycles. The molecule has 0 aliphatic rings. The zero-order valence-corrected chi connectivity index (χ0v) is 5.84. The SMILES string of the molecule is NC(=S)OF.NC(O)=S. The molecule has 0 rings (SSSR count). The molecule has 0 aliphatic heterocycles. The Kier molecular flexibility index (Phi) is 9.06. The van der Waals surface area contributed by atoms with Gasteiger partial charge in [0.05, 0.1) is 0 Å². The Morgan fingerprint density at radius 3 is 1.56 bits per heavy atom. The lowest BCUT2D eigenvalue weighted by atomic mass is 11.4. The molecule has 54 valence electrons. The molecule has 0 aromatic heterocycles. The van der Waals surface area contributed by atoms with Gasteiger partial charge < -0.3 is 16.6 Å². The highest BCUT2D eigenvalue weighted by atomic mass is 32.1. The maximum atomic E-state index is 10.3. The summed E-state index contributed by atoms with van der Waals surface area (Å²) in [5, 5.41) is 6.49. The van der Waals surface area contributed by atoms with Crippen LogP contribution in [0.2, 0.25) is 0 Å². The van der Waals surface area contributed by atoms with E-state index in [4.69, 9.17) is 5.11 Å². The highest BCUT2D eigenvalue weighted by Gasteiger charge is 1.75. The first-order valence-electron chi connectivity index (χ1n) is 1.57. The summed E-state index contributed by atoms with van der Waals surface area (Å²) in [6.07, 6.45) is 0. The van der Waals surface area contributed by atoms with Crippen molar-refractivity contribution in [3.63, 3.8) is 0 Å². The number of hydrogen-bond acceptors (Lipinski definition) is 3. The van der Waals surface area contributed by atoms with Crippen LogP contribution >= 0.6 is 24.4 Å². The minimum Gasteiger partial charge on any atom is -0.487 e. The molecule has 0 saturated carbocycles. The lowest BCUT2D eigenvalue weighted by molar-refractivity contribution is -0.0212. The molecular formula is C2H5FN2O2S2. The summed E-state index contributed by atoms with van der Waals surface area (Å²) >= 11 is 7.75. The Bertz CT molecular complexity index is 105. The van der Waals surface area contributed by atoms with Crippen molar-refractivity contribution >= 4 is 34.8 Å². The van der Waals surface area contributed by atoms with E-state index in [9.17, 15) is 4.53 Å². The van der Waals surface area contributed by atoms with Crippen molar-refractivity contribution in [3.05, 3.63) is 0 Å². The summed E-state index contributed by atoms with van der Waals surface area (Å²) in [6.45, 7) is 0. The molecule has 7 heteroatoms. The van der Waals surface area contributed by atoms with Crippen LogP contribution in [-0.2, 0) is 4.94 Å².